The number of benzene rings is 1. The van der Waals surface area contributed by atoms with E-state index >= 15 is 0 Å². The first-order valence-corrected chi connectivity index (χ1v) is 6.10. The normalized spacial score (nSPS) is 11.3. The monoisotopic (exact) mass is 306 g/mol. The Morgan fingerprint density at radius 3 is 2.61 bits per heavy atom. The molecule has 4 nitrogen and oxygen atoms in total. The Morgan fingerprint density at radius 2 is 2.00 bits per heavy atom. The molecule has 1 N–H and O–H groups in total. The molecule has 0 bridgehead atoms. The summed E-state index contributed by atoms with van der Waals surface area (Å²) in [5.41, 5.74) is 4.11. The highest BCUT2D eigenvalue weighted by atomic mass is 79.9. The van der Waals surface area contributed by atoms with Gasteiger partial charge in [-0.2, -0.15) is 5.10 Å². The fourth-order valence-electron chi connectivity index (χ4n) is 1.35. The van der Waals surface area contributed by atoms with Gasteiger partial charge in [-0.1, -0.05) is 28.1 Å². The van der Waals surface area contributed by atoms with Crippen LogP contribution in [0.25, 0.3) is 0 Å². The summed E-state index contributed by atoms with van der Waals surface area (Å²) in [6.07, 6.45) is 1.44. The van der Waals surface area contributed by atoms with Gasteiger partial charge in [0.05, 0.1) is 12.0 Å². The SMILES string of the molecule is CC(=NNC(=O)c1ccco1)c1ccc(Br)cc1. The first-order chi connectivity index (χ1) is 8.66. The van der Waals surface area contributed by atoms with E-state index in [-0.39, 0.29) is 11.7 Å². The minimum atomic E-state index is -0.364. The third-order valence-electron chi connectivity index (χ3n) is 2.33. The molecule has 5 heteroatoms. The molecule has 0 aliphatic carbocycles. The Morgan fingerprint density at radius 1 is 1.28 bits per heavy atom. The second kappa shape index (κ2) is 5.64. The minimum Gasteiger partial charge on any atom is -0.459 e. The highest BCUT2D eigenvalue weighted by molar-refractivity contribution is 9.10. The number of hydrogen-bond acceptors (Lipinski definition) is 3. The van der Waals surface area contributed by atoms with Gasteiger partial charge in [-0.25, -0.2) is 5.43 Å². The van der Waals surface area contributed by atoms with Crippen LogP contribution in [-0.2, 0) is 0 Å². The molecule has 0 saturated carbocycles. The molecule has 0 fully saturated rings. The van der Waals surface area contributed by atoms with Crippen LogP contribution >= 0.6 is 15.9 Å². The minimum absolute atomic E-state index is 0.238. The molecule has 0 unspecified atom stereocenters. The summed E-state index contributed by atoms with van der Waals surface area (Å²) in [5.74, 6) is -0.126. The molecule has 18 heavy (non-hydrogen) atoms. The van der Waals surface area contributed by atoms with Crippen LogP contribution in [-0.4, -0.2) is 11.6 Å². The van der Waals surface area contributed by atoms with Gasteiger partial charge in [0, 0.05) is 4.47 Å². The molecule has 1 amide bonds. The molecule has 0 saturated heterocycles. The van der Waals surface area contributed by atoms with Crippen molar-refractivity contribution in [1.29, 1.82) is 0 Å². The largest absolute Gasteiger partial charge is 0.459 e. The van der Waals surface area contributed by atoms with Crippen molar-refractivity contribution in [2.45, 2.75) is 6.92 Å². The van der Waals surface area contributed by atoms with Crippen LogP contribution in [0.4, 0.5) is 0 Å². The van der Waals surface area contributed by atoms with Crippen LogP contribution < -0.4 is 5.43 Å². The maximum absolute atomic E-state index is 11.6. The van der Waals surface area contributed by atoms with Crippen LogP contribution in [0.3, 0.4) is 0 Å². The number of hydrogen-bond donors (Lipinski definition) is 1. The number of furan rings is 1. The summed E-state index contributed by atoms with van der Waals surface area (Å²) >= 11 is 3.36. The van der Waals surface area contributed by atoms with Crippen LogP contribution in [0.15, 0.2) is 56.7 Å². The maximum atomic E-state index is 11.6. The first-order valence-electron chi connectivity index (χ1n) is 5.31. The van der Waals surface area contributed by atoms with E-state index in [1.807, 2.05) is 31.2 Å². The van der Waals surface area contributed by atoms with Gasteiger partial charge >= 0.3 is 5.91 Å². The lowest BCUT2D eigenvalue weighted by atomic mass is 10.1. The van der Waals surface area contributed by atoms with Crippen molar-refractivity contribution in [3.8, 4) is 0 Å². The lowest BCUT2D eigenvalue weighted by Gasteiger charge is -2.01. The van der Waals surface area contributed by atoms with Crippen molar-refractivity contribution >= 4 is 27.5 Å². The molecule has 0 radical (unpaired) electrons. The van der Waals surface area contributed by atoms with Gasteiger partial charge in [0.2, 0.25) is 0 Å². The van der Waals surface area contributed by atoms with Crippen LogP contribution in [0.2, 0.25) is 0 Å². The van der Waals surface area contributed by atoms with E-state index in [4.69, 9.17) is 4.42 Å². The van der Waals surface area contributed by atoms with E-state index in [0.717, 1.165) is 15.7 Å². The quantitative estimate of drug-likeness (QED) is 0.699. The standard InChI is InChI=1S/C13H11BrN2O2/c1-9(10-4-6-11(14)7-5-10)15-16-13(17)12-3-2-8-18-12/h2-8H,1H3,(H,16,17). The molecule has 0 atom stereocenters. The lowest BCUT2D eigenvalue weighted by Crippen LogP contribution is -2.18. The zero-order valence-electron chi connectivity index (χ0n) is 9.68. The van der Waals surface area contributed by atoms with Crippen molar-refractivity contribution in [3.05, 3.63) is 58.5 Å². The summed E-state index contributed by atoms with van der Waals surface area (Å²) in [6, 6.07) is 10.9. The lowest BCUT2D eigenvalue weighted by molar-refractivity contribution is 0.0927. The molecular formula is C13H11BrN2O2. The Labute approximate surface area is 113 Å². The smallest absolute Gasteiger partial charge is 0.307 e. The molecule has 0 aliphatic rings. The van der Waals surface area contributed by atoms with Gasteiger partial charge in [-0.05, 0) is 36.8 Å². The number of carbonyl (C=O) groups is 1. The zero-order chi connectivity index (χ0) is 13.0. The summed E-state index contributed by atoms with van der Waals surface area (Å²) in [7, 11) is 0. The van der Waals surface area contributed by atoms with Crippen LogP contribution in [0, 0.1) is 0 Å². The molecule has 2 aromatic rings. The number of carbonyl (C=O) groups excluding carboxylic acids is 1. The van der Waals surface area contributed by atoms with E-state index in [2.05, 4.69) is 26.5 Å². The van der Waals surface area contributed by atoms with Crippen molar-refractivity contribution in [2.24, 2.45) is 5.10 Å². The van der Waals surface area contributed by atoms with Crippen molar-refractivity contribution in [2.75, 3.05) is 0 Å². The van der Waals surface area contributed by atoms with E-state index in [0.29, 0.717) is 0 Å². The van der Waals surface area contributed by atoms with Crippen LogP contribution in [0.1, 0.15) is 23.0 Å². The molecule has 0 aliphatic heterocycles. The highest BCUT2D eigenvalue weighted by Gasteiger charge is 2.07. The number of amides is 1. The third kappa shape index (κ3) is 3.07. The number of rotatable bonds is 3. The molecule has 2 rings (SSSR count). The van der Waals surface area contributed by atoms with Crippen molar-refractivity contribution in [3.63, 3.8) is 0 Å². The highest BCUT2D eigenvalue weighted by Crippen LogP contribution is 2.11. The predicted octanol–water partition coefficient (Wildman–Crippen LogP) is 3.20. The fraction of sp³-hybridized carbons (Fsp3) is 0.0769. The van der Waals surface area contributed by atoms with Gasteiger partial charge in [-0.15, -0.1) is 0 Å². The van der Waals surface area contributed by atoms with Crippen molar-refractivity contribution < 1.29 is 9.21 Å². The number of nitrogens with one attached hydrogen (secondary N) is 1. The summed E-state index contributed by atoms with van der Waals surface area (Å²) in [5, 5.41) is 4.02. The first kappa shape index (κ1) is 12.6. The number of nitrogens with zero attached hydrogens (tertiary/aromatic N) is 1. The van der Waals surface area contributed by atoms with Crippen molar-refractivity contribution in [1.82, 2.24) is 5.43 Å². The third-order valence-corrected chi connectivity index (χ3v) is 2.86. The Balaban J connectivity index is 2.05. The molecule has 1 heterocycles. The number of hydrazone groups is 1. The van der Waals surface area contributed by atoms with Gasteiger partial charge < -0.3 is 4.42 Å². The topological polar surface area (TPSA) is 54.6 Å². The molecule has 1 aromatic carbocycles. The second-order valence-electron chi connectivity index (χ2n) is 3.62. The predicted molar refractivity (Wildman–Crippen MR) is 72.5 cm³/mol. The summed E-state index contributed by atoms with van der Waals surface area (Å²) < 4.78 is 5.96. The summed E-state index contributed by atoms with van der Waals surface area (Å²) in [4.78, 5) is 11.6. The van der Waals surface area contributed by atoms with Gasteiger partial charge in [-0.3, -0.25) is 4.79 Å². The van der Waals surface area contributed by atoms with Gasteiger partial charge in [0.25, 0.3) is 0 Å². The average molecular weight is 307 g/mol. The molecule has 0 spiro atoms. The molecular weight excluding hydrogens is 296 g/mol. The van der Waals surface area contributed by atoms with E-state index in [1.165, 1.54) is 6.26 Å². The summed E-state index contributed by atoms with van der Waals surface area (Å²) in [6.45, 7) is 1.83. The Hall–Kier alpha value is -1.88. The fourth-order valence-corrected chi connectivity index (χ4v) is 1.62. The van der Waals surface area contributed by atoms with E-state index < -0.39 is 0 Å². The maximum Gasteiger partial charge on any atom is 0.307 e. The molecule has 1 aromatic heterocycles. The number of halogens is 1. The van der Waals surface area contributed by atoms with Gasteiger partial charge in [0.15, 0.2) is 5.76 Å². The second-order valence-corrected chi connectivity index (χ2v) is 4.54. The van der Waals surface area contributed by atoms with Crippen LogP contribution in [0.5, 0.6) is 0 Å². The molecule has 92 valence electrons. The Bertz CT molecular complexity index is 559. The average Bonchev–Trinajstić information content (AvgIpc) is 2.90. The van der Waals surface area contributed by atoms with E-state index in [9.17, 15) is 4.79 Å². The van der Waals surface area contributed by atoms with E-state index in [1.54, 1.807) is 12.1 Å². The zero-order valence-corrected chi connectivity index (χ0v) is 11.3. The van der Waals surface area contributed by atoms with Gasteiger partial charge in [0.1, 0.15) is 0 Å². The Kier molecular flexibility index (Phi) is 3.94.